The van der Waals surface area contributed by atoms with Crippen molar-refractivity contribution in [2.45, 2.75) is 19.1 Å². The quantitative estimate of drug-likeness (QED) is 0.331. The smallest absolute Gasteiger partial charge is 0.247 e. The Bertz CT molecular complexity index is 1250. The predicted molar refractivity (Wildman–Crippen MR) is 127 cm³/mol. The molecule has 1 N–H and O–H groups in total. The second-order valence-electron chi connectivity index (χ2n) is 7.80. The first-order valence-corrected chi connectivity index (χ1v) is 11.1. The highest BCUT2D eigenvalue weighted by Crippen LogP contribution is 2.26. The van der Waals surface area contributed by atoms with Crippen LogP contribution in [0.15, 0.2) is 71.3 Å². The molecule has 1 atom stereocenters. The first-order chi connectivity index (χ1) is 17.1. The molecule has 0 radical (unpaired) electrons. The molecule has 0 spiro atoms. The molecule has 0 saturated carbocycles. The molecule has 10 nitrogen and oxygen atoms in total. The van der Waals surface area contributed by atoms with Crippen molar-refractivity contribution in [2.24, 2.45) is 0 Å². The van der Waals surface area contributed by atoms with Gasteiger partial charge in [0.05, 0.1) is 32.0 Å². The number of nitrogens with one attached hydrogen (secondary N) is 1. The summed E-state index contributed by atoms with van der Waals surface area (Å²) in [7, 11) is 3.13. The second kappa shape index (κ2) is 11.3. The molecule has 10 heteroatoms. The first-order valence-electron chi connectivity index (χ1n) is 11.1. The zero-order valence-corrected chi connectivity index (χ0v) is 19.6. The van der Waals surface area contributed by atoms with Crippen LogP contribution in [0.25, 0.3) is 11.0 Å². The molecule has 0 fully saturated rings. The van der Waals surface area contributed by atoms with E-state index in [-0.39, 0.29) is 24.9 Å². The lowest BCUT2D eigenvalue weighted by molar-refractivity contribution is -0.142. The van der Waals surface area contributed by atoms with Gasteiger partial charge in [0.1, 0.15) is 29.6 Å². The molecule has 182 valence electrons. The van der Waals surface area contributed by atoms with Gasteiger partial charge in [0, 0.05) is 13.7 Å². The van der Waals surface area contributed by atoms with E-state index >= 15 is 0 Å². The monoisotopic (exact) mass is 477 g/mol. The summed E-state index contributed by atoms with van der Waals surface area (Å²) in [6.07, 6.45) is 1.53. The van der Waals surface area contributed by atoms with E-state index in [2.05, 4.69) is 15.6 Å². The third-order valence-corrected chi connectivity index (χ3v) is 5.53. The lowest BCUT2D eigenvalue weighted by Crippen LogP contribution is -2.45. The summed E-state index contributed by atoms with van der Waals surface area (Å²) in [5.41, 5.74) is 2.04. The minimum atomic E-state index is -0.926. The molecule has 0 aliphatic heterocycles. The van der Waals surface area contributed by atoms with Crippen molar-refractivity contribution in [2.75, 3.05) is 27.4 Å². The fourth-order valence-corrected chi connectivity index (χ4v) is 3.78. The molecule has 0 saturated heterocycles. The van der Waals surface area contributed by atoms with Gasteiger partial charge in [0.25, 0.3) is 0 Å². The van der Waals surface area contributed by atoms with Crippen molar-refractivity contribution < 1.29 is 23.5 Å². The maximum absolute atomic E-state index is 13.7. The summed E-state index contributed by atoms with van der Waals surface area (Å²) >= 11 is 0. The van der Waals surface area contributed by atoms with E-state index in [1.54, 1.807) is 50.6 Å². The van der Waals surface area contributed by atoms with Crippen LogP contribution in [-0.4, -0.2) is 59.1 Å². The van der Waals surface area contributed by atoms with Crippen molar-refractivity contribution in [3.63, 3.8) is 0 Å². The molecule has 4 rings (SSSR count). The van der Waals surface area contributed by atoms with Gasteiger partial charge in [0.2, 0.25) is 11.8 Å². The number of methoxy groups -OCH3 is 2. The Kier molecular flexibility index (Phi) is 7.74. The van der Waals surface area contributed by atoms with Crippen molar-refractivity contribution in [3.8, 4) is 5.75 Å². The summed E-state index contributed by atoms with van der Waals surface area (Å²) in [5, 5.41) is 11.1. The van der Waals surface area contributed by atoms with Gasteiger partial charge in [-0.15, -0.1) is 5.10 Å². The first kappa shape index (κ1) is 24.0. The molecule has 2 heterocycles. The number of amides is 2. The van der Waals surface area contributed by atoms with E-state index < -0.39 is 6.04 Å². The Labute approximate surface area is 202 Å². The number of hydrogen-bond donors (Lipinski definition) is 1. The highest BCUT2D eigenvalue weighted by Gasteiger charge is 2.32. The number of aromatic nitrogens is 3. The van der Waals surface area contributed by atoms with Gasteiger partial charge in [-0.1, -0.05) is 29.5 Å². The summed E-state index contributed by atoms with van der Waals surface area (Å²) in [6, 6.07) is 17.0. The highest BCUT2D eigenvalue weighted by molar-refractivity contribution is 5.89. The highest BCUT2D eigenvalue weighted by atomic mass is 16.5. The Morgan fingerprint density at radius 2 is 1.89 bits per heavy atom. The zero-order chi connectivity index (χ0) is 24.6. The van der Waals surface area contributed by atoms with Crippen LogP contribution in [0.5, 0.6) is 5.75 Å². The Hall–Kier alpha value is -4.18. The van der Waals surface area contributed by atoms with Crippen LogP contribution < -0.4 is 10.1 Å². The molecule has 0 aliphatic rings. The number of nitrogens with zero attached hydrogens (tertiary/aromatic N) is 4. The third-order valence-electron chi connectivity index (χ3n) is 5.53. The van der Waals surface area contributed by atoms with E-state index in [1.807, 2.05) is 24.3 Å². The minimum Gasteiger partial charge on any atom is -0.497 e. The number of carbonyl (C=O) groups excluding carboxylic acids is 2. The van der Waals surface area contributed by atoms with Crippen molar-refractivity contribution in [3.05, 3.63) is 78.3 Å². The number of benzene rings is 2. The summed E-state index contributed by atoms with van der Waals surface area (Å²) in [4.78, 5) is 28.6. The van der Waals surface area contributed by atoms with E-state index in [0.29, 0.717) is 35.7 Å². The Morgan fingerprint density at radius 3 is 2.60 bits per heavy atom. The van der Waals surface area contributed by atoms with Gasteiger partial charge in [-0.3, -0.25) is 9.59 Å². The number of carbonyl (C=O) groups is 2. The van der Waals surface area contributed by atoms with Gasteiger partial charge in [-0.25, -0.2) is 4.68 Å². The number of furan rings is 1. The number of ether oxygens (including phenoxy) is 2. The van der Waals surface area contributed by atoms with Crippen LogP contribution in [0.1, 0.15) is 17.4 Å². The van der Waals surface area contributed by atoms with Gasteiger partial charge in [-0.05, 0) is 42.0 Å². The van der Waals surface area contributed by atoms with Crippen molar-refractivity contribution in [1.82, 2.24) is 25.2 Å². The van der Waals surface area contributed by atoms with E-state index in [1.165, 1.54) is 15.8 Å². The largest absolute Gasteiger partial charge is 0.497 e. The van der Waals surface area contributed by atoms with Crippen molar-refractivity contribution in [1.29, 1.82) is 0 Å². The Morgan fingerprint density at radius 1 is 1.09 bits per heavy atom. The standard InChI is InChI=1S/C25H27N5O5/c1-33-15-13-26-25(32)24(18-9-11-19(34-2)12-10-18)29(16-20-6-5-14-35-20)23(31)17-30-22-8-4-3-7-21(22)27-28-30/h3-12,14,24H,13,15-17H2,1-2H3,(H,26,32). The SMILES string of the molecule is COCCNC(=O)C(c1ccc(OC)cc1)N(Cc1ccco1)C(=O)Cn1nnc2ccccc21. The van der Waals surface area contributed by atoms with Gasteiger partial charge >= 0.3 is 0 Å². The van der Waals surface area contributed by atoms with Gasteiger partial charge < -0.3 is 24.1 Å². The lowest BCUT2D eigenvalue weighted by Gasteiger charge is -2.31. The maximum Gasteiger partial charge on any atom is 0.247 e. The van der Waals surface area contributed by atoms with Crippen molar-refractivity contribution >= 4 is 22.8 Å². The van der Waals surface area contributed by atoms with Crippen LogP contribution in [0.2, 0.25) is 0 Å². The summed E-state index contributed by atoms with van der Waals surface area (Å²) < 4.78 is 17.4. The second-order valence-corrected chi connectivity index (χ2v) is 7.80. The third kappa shape index (κ3) is 5.67. The Balaban J connectivity index is 1.69. The van der Waals surface area contributed by atoms with E-state index in [4.69, 9.17) is 13.9 Å². The van der Waals surface area contributed by atoms with Crippen LogP contribution >= 0.6 is 0 Å². The van der Waals surface area contributed by atoms with Crippen LogP contribution in [0.4, 0.5) is 0 Å². The molecular weight excluding hydrogens is 450 g/mol. The molecule has 0 aliphatic carbocycles. The summed E-state index contributed by atoms with van der Waals surface area (Å²) in [5.74, 6) is 0.533. The number of hydrogen-bond acceptors (Lipinski definition) is 7. The van der Waals surface area contributed by atoms with Crippen LogP contribution in [-0.2, 0) is 27.4 Å². The lowest BCUT2D eigenvalue weighted by atomic mass is 10.0. The molecule has 2 amide bonds. The van der Waals surface area contributed by atoms with Crippen LogP contribution in [0.3, 0.4) is 0 Å². The molecule has 2 aromatic heterocycles. The topological polar surface area (TPSA) is 112 Å². The number of rotatable bonds is 11. The predicted octanol–water partition coefficient (Wildman–Crippen LogP) is 2.57. The molecule has 35 heavy (non-hydrogen) atoms. The minimum absolute atomic E-state index is 0.0901. The molecular formula is C25H27N5O5. The maximum atomic E-state index is 13.7. The fraction of sp³-hybridized carbons (Fsp3) is 0.280. The number of para-hydroxylation sites is 1. The number of fused-ring (bicyclic) bond motifs is 1. The normalized spacial score (nSPS) is 11.8. The van der Waals surface area contributed by atoms with Gasteiger partial charge in [-0.2, -0.15) is 0 Å². The van der Waals surface area contributed by atoms with Gasteiger partial charge in [0.15, 0.2) is 0 Å². The molecule has 0 bridgehead atoms. The van der Waals surface area contributed by atoms with E-state index in [9.17, 15) is 9.59 Å². The average Bonchev–Trinajstić information content (AvgIpc) is 3.54. The summed E-state index contributed by atoms with van der Waals surface area (Å²) in [6.45, 7) is 0.642. The molecule has 2 aromatic carbocycles. The fourth-order valence-electron chi connectivity index (χ4n) is 3.78. The average molecular weight is 478 g/mol. The van der Waals surface area contributed by atoms with Crippen LogP contribution in [0, 0.1) is 0 Å². The molecule has 4 aromatic rings. The molecule has 1 unspecified atom stereocenters. The zero-order valence-electron chi connectivity index (χ0n) is 19.6. The van der Waals surface area contributed by atoms with E-state index in [0.717, 1.165) is 5.52 Å².